The summed E-state index contributed by atoms with van der Waals surface area (Å²) in [7, 11) is 0. The Hall–Kier alpha value is -1.10. The highest BCUT2D eigenvalue weighted by atomic mass is 19.2. The zero-order valence-electron chi connectivity index (χ0n) is 8.49. The van der Waals surface area contributed by atoms with E-state index >= 15 is 0 Å². The molecule has 0 amide bonds. The fourth-order valence-corrected chi connectivity index (χ4v) is 1.64. The van der Waals surface area contributed by atoms with E-state index in [1.54, 1.807) is 0 Å². The molecule has 0 spiro atoms. The fourth-order valence-electron chi connectivity index (χ4n) is 1.64. The van der Waals surface area contributed by atoms with Gasteiger partial charge in [0.05, 0.1) is 0 Å². The predicted molar refractivity (Wildman–Crippen MR) is 50.8 cm³/mol. The van der Waals surface area contributed by atoms with Gasteiger partial charge in [0.1, 0.15) is 0 Å². The van der Waals surface area contributed by atoms with Crippen molar-refractivity contribution >= 4 is 0 Å². The molecule has 2 rings (SSSR count). The van der Waals surface area contributed by atoms with Gasteiger partial charge >= 0.3 is 0 Å². The van der Waals surface area contributed by atoms with Crippen molar-refractivity contribution in [3.8, 4) is 0 Å². The second kappa shape index (κ2) is 4.41. The van der Waals surface area contributed by atoms with Crippen molar-refractivity contribution in [3.63, 3.8) is 0 Å². The molecule has 0 saturated heterocycles. The molecule has 1 saturated carbocycles. The smallest absolute Gasteiger partial charge is 0.166 e. The molecule has 16 heavy (non-hydrogen) atoms. The number of halogens is 4. The van der Waals surface area contributed by atoms with E-state index in [0.29, 0.717) is 0 Å². The van der Waals surface area contributed by atoms with E-state index in [1.165, 1.54) is 0 Å². The lowest BCUT2D eigenvalue weighted by atomic mass is 9.93. The lowest BCUT2D eigenvalue weighted by Gasteiger charge is -2.26. The Morgan fingerprint density at radius 3 is 2.06 bits per heavy atom. The summed E-state index contributed by atoms with van der Waals surface area (Å²) >= 11 is 0. The molecular formula is C11H11F4N. The molecule has 0 unspecified atom stereocenters. The third-order valence-electron chi connectivity index (χ3n) is 2.88. The van der Waals surface area contributed by atoms with E-state index in [0.717, 1.165) is 19.3 Å². The van der Waals surface area contributed by atoms with Crippen LogP contribution in [0.1, 0.15) is 24.8 Å². The maximum absolute atomic E-state index is 13.2. The van der Waals surface area contributed by atoms with Crippen LogP contribution in [0, 0.1) is 23.3 Å². The lowest BCUT2D eigenvalue weighted by molar-refractivity contribution is 0.330. The van der Waals surface area contributed by atoms with Crippen LogP contribution in [0.3, 0.4) is 0 Å². The number of hydrogen-bond donors (Lipinski definition) is 1. The minimum Gasteiger partial charge on any atom is -0.310 e. The van der Waals surface area contributed by atoms with Crippen molar-refractivity contribution in [2.24, 2.45) is 0 Å². The third-order valence-corrected chi connectivity index (χ3v) is 2.88. The van der Waals surface area contributed by atoms with Crippen LogP contribution in [0.2, 0.25) is 0 Å². The first-order valence-corrected chi connectivity index (χ1v) is 5.15. The van der Waals surface area contributed by atoms with Crippen molar-refractivity contribution in [3.05, 3.63) is 34.9 Å². The van der Waals surface area contributed by atoms with Gasteiger partial charge in [-0.1, -0.05) is 6.42 Å². The standard InChI is InChI=1S/C11H11F4N/c12-8-4-9(13)11(15)7(10(8)14)5-16-6-2-1-3-6/h4,6,16H,1-3,5H2. The van der Waals surface area contributed by atoms with Crippen molar-refractivity contribution in [1.29, 1.82) is 0 Å². The number of hydrogen-bond acceptors (Lipinski definition) is 1. The van der Waals surface area contributed by atoms with Gasteiger partial charge in [-0.05, 0) is 12.8 Å². The molecule has 0 bridgehead atoms. The van der Waals surface area contributed by atoms with Gasteiger partial charge in [-0.15, -0.1) is 0 Å². The number of benzene rings is 1. The second-order valence-electron chi connectivity index (χ2n) is 3.96. The van der Waals surface area contributed by atoms with Gasteiger partial charge in [0.2, 0.25) is 0 Å². The first-order chi connectivity index (χ1) is 7.59. The molecular weight excluding hydrogens is 222 g/mol. The monoisotopic (exact) mass is 233 g/mol. The summed E-state index contributed by atoms with van der Waals surface area (Å²) in [5.41, 5.74) is -0.565. The average molecular weight is 233 g/mol. The quantitative estimate of drug-likeness (QED) is 0.625. The Bertz CT molecular complexity index is 375. The molecule has 1 aliphatic rings. The van der Waals surface area contributed by atoms with Gasteiger partial charge in [-0.2, -0.15) is 0 Å². The van der Waals surface area contributed by atoms with E-state index in [4.69, 9.17) is 0 Å². The Labute approximate surface area is 90.5 Å². The van der Waals surface area contributed by atoms with Crippen LogP contribution in [-0.4, -0.2) is 6.04 Å². The zero-order chi connectivity index (χ0) is 11.7. The van der Waals surface area contributed by atoms with Gasteiger partial charge in [0.25, 0.3) is 0 Å². The first kappa shape index (κ1) is 11.4. The highest BCUT2D eigenvalue weighted by Crippen LogP contribution is 2.22. The predicted octanol–water partition coefficient (Wildman–Crippen LogP) is 2.89. The second-order valence-corrected chi connectivity index (χ2v) is 3.96. The van der Waals surface area contributed by atoms with Crippen molar-refractivity contribution in [2.75, 3.05) is 0 Å². The van der Waals surface area contributed by atoms with E-state index in [2.05, 4.69) is 5.32 Å². The van der Waals surface area contributed by atoms with Crippen molar-refractivity contribution in [1.82, 2.24) is 5.32 Å². The van der Waals surface area contributed by atoms with Crippen LogP contribution >= 0.6 is 0 Å². The number of nitrogens with one attached hydrogen (secondary N) is 1. The fraction of sp³-hybridized carbons (Fsp3) is 0.455. The Morgan fingerprint density at radius 2 is 1.62 bits per heavy atom. The maximum Gasteiger partial charge on any atom is 0.166 e. The van der Waals surface area contributed by atoms with Crippen LogP contribution in [0.4, 0.5) is 17.6 Å². The van der Waals surface area contributed by atoms with Crippen LogP contribution in [0.25, 0.3) is 0 Å². The topological polar surface area (TPSA) is 12.0 Å². The molecule has 0 atom stereocenters. The highest BCUT2D eigenvalue weighted by Gasteiger charge is 2.21. The molecule has 5 heteroatoms. The van der Waals surface area contributed by atoms with Crippen molar-refractivity contribution < 1.29 is 17.6 Å². The van der Waals surface area contributed by atoms with Crippen LogP contribution in [-0.2, 0) is 6.54 Å². The third kappa shape index (κ3) is 2.04. The van der Waals surface area contributed by atoms with E-state index in [9.17, 15) is 17.6 Å². The van der Waals surface area contributed by atoms with E-state index < -0.39 is 28.8 Å². The van der Waals surface area contributed by atoms with Gasteiger partial charge in [-0.3, -0.25) is 0 Å². The Kier molecular flexibility index (Phi) is 3.14. The molecule has 88 valence electrons. The average Bonchev–Trinajstić information content (AvgIpc) is 2.18. The molecule has 1 N–H and O–H groups in total. The SMILES string of the molecule is Fc1cc(F)c(F)c(CNC2CCC2)c1F. The highest BCUT2D eigenvalue weighted by molar-refractivity contribution is 5.22. The largest absolute Gasteiger partial charge is 0.310 e. The summed E-state index contributed by atoms with van der Waals surface area (Å²) < 4.78 is 52.0. The maximum atomic E-state index is 13.2. The van der Waals surface area contributed by atoms with Crippen LogP contribution in [0.15, 0.2) is 6.07 Å². The Balaban J connectivity index is 2.17. The minimum absolute atomic E-state index is 0.184. The normalized spacial score (nSPS) is 16.2. The summed E-state index contributed by atoms with van der Waals surface area (Å²) in [4.78, 5) is 0. The molecule has 1 fully saturated rings. The summed E-state index contributed by atoms with van der Waals surface area (Å²) in [5, 5.41) is 2.86. The molecule has 0 aliphatic heterocycles. The molecule has 0 heterocycles. The summed E-state index contributed by atoms with van der Waals surface area (Å²) in [6.07, 6.45) is 2.93. The summed E-state index contributed by atoms with van der Waals surface area (Å²) in [5.74, 6) is -5.34. The lowest BCUT2D eigenvalue weighted by Crippen LogP contribution is -2.35. The van der Waals surface area contributed by atoms with E-state index in [-0.39, 0.29) is 18.7 Å². The summed E-state index contributed by atoms with van der Waals surface area (Å²) in [6.45, 7) is -0.184. The van der Waals surface area contributed by atoms with Crippen molar-refractivity contribution in [2.45, 2.75) is 31.8 Å². The molecule has 1 nitrogen and oxygen atoms in total. The van der Waals surface area contributed by atoms with Crippen LogP contribution in [0.5, 0.6) is 0 Å². The minimum atomic E-state index is -1.36. The summed E-state index contributed by atoms with van der Waals surface area (Å²) in [6, 6.07) is 0.419. The van der Waals surface area contributed by atoms with E-state index in [1.807, 2.05) is 0 Å². The molecule has 1 aromatic carbocycles. The molecule has 1 aromatic rings. The van der Waals surface area contributed by atoms with Gasteiger partial charge in [-0.25, -0.2) is 17.6 Å². The van der Waals surface area contributed by atoms with Gasteiger partial charge in [0.15, 0.2) is 23.3 Å². The Morgan fingerprint density at radius 1 is 1.06 bits per heavy atom. The molecule has 0 aromatic heterocycles. The number of rotatable bonds is 3. The van der Waals surface area contributed by atoms with Gasteiger partial charge < -0.3 is 5.32 Å². The first-order valence-electron chi connectivity index (χ1n) is 5.15. The molecule has 0 radical (unpaired) electrons. The zero-order valence-corrected chi connectivity index (χ0v) is 8.49. The van der Waals surface area contributed by atoms with Gasteiger partial charge in [0, 0.05) is 24.2 Å². The molecule has 1 aliphatic carbocycles. The van der Waals surface area contributed by atoms with Crippen LogP contribution < -0.4 is 5.32 Å².